The molecule has 4 fully saturated rings. The van der Waals surface area contributed by atoms with Crippen LogP contribution in [0.4, 0.5) is 0 Å². The summed E-state index contributed by atoms with van der Waals surface area (Å²) in [6, 6.07) is 6.09. The number of amides is 1. The van der Waals surface area contributed by atoms with E-state index in [1.165, 1.54) is 32.1 Å². The Kier molecular flexibility index (Phi) is 3.55. The number of hydrogen-bond donors (Lipinski definition) is 1. The van der Waals surface area contributed by atoms with Gasteiger partial charge in [-0.25, -0.2) is 0 Å². The van der Waals surface area contributed by atoms with E-state index in [-0.39, 0.29) is 11.8 Å². The molecule has 0 unspecified atom stereocenters. The maximum absolute atomic E-state index is 12.9. The number of hydrogen-bond acceptors (Lipinski definition) is 2. The minimum Gasteiger partial charge on any atom is -0.492 e. The molecule has 1 N–H and O–H groups in total. The molecule has 128 valence electrons. The third-order valence-electron chi connectivity index (χ3n) is 6.84. The Balaban J connectivity index is 1.28. The van der Waals surface area contributed by atoms with Gasteiger partial charge in [0.2, 0.25) is 5.91 Å². The summed E-state index contributed by atoms with van der Waals surface area (Å²) < 4.78 is 5.80. The van der Waals surface area contributed by atoms with E-state index < -0.39 is 0 Å². The van der Waals surface area contributed by atoms with Crippen molar-refractivity contribution >= 4 is 17.5 Å². The maximum Gasteiger partial charge on any atom is 0.227 e. The zero-order chi connectivity index (χ0) is 16.3. The van der Waals surface area contributed by atoms with Crippen molar-refractivity contribution in [1.82, 2.24) is 5.32 Å². The molecule has 1 aromatic rings. The van der Waals surface area contributed by atoms with Gasteiger partial charge in [-0.2, -0.15) is 0 Å². The lowest BCUT2D eigenvalue weighted by atomic mass is 9.54. The second-order valence-electron chi connectivity index (χ2n) is 8.43. The zero-order valence-corrected chi connectivity index (χ0v) is 14.6. The normalized spacial score (nSPS) is 39.2. The van der Waals surface area contributed by atoms with Gasteiger partial charge in [0.05, 0.1) is 5.92 Å². The number of ether oxygens (including phenoxy) is 1. The first-order chi connectivity index (χ1) is 11.7. The van der Waals surface area contributed by atoms with Crippen LogP contribution in [0.1, 0.15) is 37.7 Å². The summed E-state index contributed by atoms with van der Waals surface area (Å²) in [4.78, 5) is 12.9. The van der Waals surface area contributed by atoms with Crippen LogP contribution in [0.25, 0.3) is 0 Å². The number of carbonyl (C=O) groups excluding carboxylic acids is 1. The van der Waals surface area contributed by atoms with Gasteiger partial charge in [-0.05, 0) is 86.0 Å². The molecule has 1 atom stereocenters. The quantitative estimate of drug-likeness (QED) is 0.884. The Morgan fingerprint density at radius 3 is 2.50 bits per heavy atom. The average molecular weight is 346 g/mol. The van der Waals surface area contributed by atoms with Crippen LogP contribution in [0.3, 0.4) is 0 Å². The van der Waals surface area contributed by atoms with Crippen LogP contribution in [-0.2, 0) is 11.2 Å². The van der Waals surface area contributed by atoms with Crippen molar-refractivity contribution in [2.24, 2.45) is 29.6 Å². The molecule has 4 heteroatoms. The van der Waals surface area contributed by atoms with E-state index >= 15 is 0 Å². The van der Waals surface area contributed by atoms with Gasteiger partial charge in [-0.15, -0.1) is 0 Å². The molecular weight excluding hydrogens is 322 g/mol. The third-order valence-corrected chi connectivity index (χ3v) is 7.07. The summed E-state index contributed by atoms with van der Waals surface area (Å²) in [6.45, 7) is 0.480. The molecule has 0 aromatic heterocycles. The Morgan fingerprint density at radius 1 is 1.08 bits per heavy atom. The average Bonchev–Trinajstić information content (AvgIpc) is 2.56. The van der Waals surface area contributed by atoms with Crippen LogP contribution in [0, 0.1) is 29.6 Å². The highest BCUT2D eigenvalue weighted by Gasteiger charge is 2.49. The van der Waals surface area contributed by atoms with Gasteiger partial charge in [-0.3, -0.25) is 4.79 Å². The Bertz CT molecular complexity index is 646. The van der Waals surface area contributed by atoms with Crippen LogP contribution in [0.15, 0.2) is 18.2 Å². The predicted octanol–water partition coefficient (Wildman–Crippen LogP) is 3.83. The molecule has 1 aliphatic heterocycles. The molecule has 4 aliphatic carbocycles. The van der Waals surface area contributed by atoms with Crippen molar-refractivity contribution in [3.8, 4) is 5.75 Å². The first-order valence-corrected chi connectivity index (χ1v) is 9.75. The lowest BCUT2D eigenvalue weighted by Crippen LogP contribution is -2.57. The molecule has 6 rings (SSSR count). The van der Waals surface area contributed by atoms with Crippen molar-refractivity contribution in [3.63, 3.8) is 0 Å². The second-order valence-corrected chi connectivity index (χ2v) is 8.87. The van der Waals surface area contributed by atoms with Crippen molar-refractivity contribution < 1.29 is 9.53 Å². The second kappa shape index (κ2) is 5.66. The third kappa shape index (κ3) is 2.52. The van der Waals surface area contributed by atoms with E-state index in [0.717, 1.165) is 41.4 Å². The number of benzene rings is 1. The summed E-state index contributed by atoms with van der Waals surface area (Å²) in [5, 5.41) is 4.13. The van der Waals surface area contributed by atoms with Gasteiger partial charge in [0.25, 0.3) is 0 Å². The van der Waals surface area contributed by atoms with Gasteiger partial charge < -0.3 is 10.1 Å². The van der Waals surface area contributed by atoms with Gasteiger partial charge in [-0.1, -0.05) is 11.6 Å². The maximum atomic E-state index is 12.9. The van der Waals surface area contributed by atoms with E-state index in [9.17, 15) is 4.79 Å². The molecule has 4 saturated carbocycles. The van der Waals surface area contributed by atoms with Crippen LogP contribution < -0.4 is 10.1 Å². The van der Waals surface area contributed by atoms with Crippen LogP contribution in [0.5, 0.6) is 5.75 Å². The highest BCUT2D eigenvalue weighted by molar-refractivity contribution is 6.30. The van der Waals surface area contributed by atoms with Gasteiger partial charge in [0.1, 0.15) is 12.4 Å². The molecule has 4 bridgehead atoms. The molecule has 0 spiro atoms. The molecule has 1 amide bonds. The van der Waals surface area contributed by atoms with E-state index in [1.54, 1.807) is 0 Å². The fourth-order valence-corrected chi connectivity index (χ4v) is 6.17. The highest BCUT2D eigenvalue weighted by Crippen LogP contribution is 2.53. The predicted molar refractivity (Wildman–Crippen MR) is 93.1 cm³/mol. The molecule has 1 aromatic carbocycles. The van der Waals surface area contributed by atoms with Gasteiger partial charge >= 0.3 is 0 Å². The standard InChI is InChI=1S/C20H24ClNO2/c21-17-1-2-18-13(9-17)8-16(10-24-18)20(23)22-19-14-4-11-3-12(6-14)7-15(19)5-11/h1-2,9,11-12,14-16,19H,3-8,10H2,(H,22,23)/t11?,12?,14?,15?,16-,19?/m1/s1. The number of halogens is 1. The molecule has 0 radical (unpaired) electrons. The SMILES string of the molecule is O=C(NC1C2CC3CC(C2)CC1C3)[C@H]1COc2ccc(Cl)cc2C1. The molecule has 1 heterocycles. The van der Waals surface area contributed by atoms with Crippen LogP contribution in [0.2, 0.25) is 5.02 Å². The fraction of sp³-hybridized carbons (Fsp3) is 0.650. The number of carbonyl (C=O) groups is 1. The first kappa shape index (κ1) is 15.1. The summed E-state index contributed by atoms with van der Waals surface area (Å²) in [7, 11) is 0. The van der Waals surface area contributed by atoms with Gasteiger partial charge in [0, 0.05) is 11.1 Å². The molecular formula is C20H24ClNO2. The Morgan fingerprint density at radius 2 is 1.79 bits per heavy atom. The molecule has 0 saturated heterocycles. The van der Waals surface area contributed by atoms with Crippen LogP contribution >= 0.6 is 11.6 Å². The van der Waals surface area contributed by atoms with Crippen LogP contribution in [-0.4, -0.2) is 18.6 Å². The minimum atomic E-state index is -0.0897. The summed E-state index contributed by atoms with van der Waals surface area (Å²) in [5.74, 6) is 4.28. The molecule has 5 aliphatic rings. The van der Waals surface area contributed by atoms with Crippen molar-refractivity contribution in [3.05, 3.63) is 28.8 Å². The van der Waals surface area contributed by atoms with Crippen molar-refractivity contribution in [2.75, 3.05) is 6.61 Å². The smallest absolute Gasteiger partial charge is 0.227 e. The summed E-state index contributed by atoms with van der Waals surface area (Å²) in [5.41, 5.74) is 1.05. The number of rotatable bonds is 2. The van der Waals surface area contributed by atoms with Crippen molar-refractivity contribution in [2.45, 2.75) is 44.6 Å². The Hall–Kier alpha value is -1.22. The summed E-state index contributed by atoms with van der Waals surface area (Å²) in [6.07, 6.45) is 7.50. The first-order valence-electron chi connectivity index (χ1n) is 9.37. The van der Waals surface area contributed by atoms with E-state index in [1.807, 2.05) is 18.2 Å². The van der Waals surface area contributed by atoms with Gasteiger partial charge in [0.15, 0.2) is 0 Å². The topological polar surface area (TPSA) is 38.3 Å². The van der Waals surface area contributed by atoms with E-state index in [0.29, 0.717) is 17.7 Å². The number of fused-ring (bicyclic) bond motifs is 1. The fourth-order valence-electron chi connectivity index (χ4n) is 5.97. The molecule has 3 nitrogen and oxygen atoms in total. The van der Waals surface area contributed by atoms with E-state index in [2.05, 4.69) is 5.32 Å². The largest absolute Gasteiger partial charge is 0.492 e. The van der Waals surface area contributed by atoms with Crippen molar-refractivity contribution in [1.29, 1.82) is 0 Å². The zero-order valence-electron chi connectivity index (χ0n) is 13.8. The Labute approximate surface area is 148 Å². The number of nitrogens with one attached hydrogen (secondary N) is 1. The summed E-state index contributed by atoms with van der Waals surface area (Å²) >= 11 is 6.09. The highest BCUT2D eigenvalue weighted by atomic mass is 35.5. The monoisotopic (exact) mass is 345 g/mol. The minimum absolute atomic E-state index is 0.0897. The van der Waals surface area contributed by atoms with E-state index in [4.69, 9.17) is 16.3 Å². The lowest BCUT2D eigenvalue weighted by Gasteiger charge is -2.54. The lowest BCUT2D eigenvalue weighted by molar-refractivity contribution is -0.130. The molecule has 24 heavy (non-hydrogen) atoms.